The first-order valence-electron chi connectivity index (χ1n) is 14.0. The number of hydrogen-bond acceptors (Lipinski definition) is 6. The largest absolute Gasteiger partial charge is 0.487 e. The van der Waals surface area contributed by atoms with E-state index in [1.807, 2.05) is 24.3 Å². The van der Waals surface area contributed by atoms with Gasteiger partial charge in [-0.2, -0.15) is 0 Å². The number of halogens is 1. The predicted octanol–water partition coefficient (Wildman–Crippen LogP) is 5.00. The van der Waals surface area contributed by atoms with Gasteiger partial charge in [-0.25, -0.2) is 0 Å². The average Bonchev–Trinajstić information content (AvgIpc) is 3.58. The molecule has 0 bridgehead atoms. The molecule has 2 aliphatic heterocycles. The lowest BCUT2D eigenvalue weighted by Crippen LogP contribution is -2.50. The molecule has 1 aliphatic carbocycles. The van der Waals surface area contributed by atoms with E-state index < -0.39 is 23.8 Å². The number of carbonyl (C=O) groups is 3. The lowest BCUT2D eigenvalue weighted by molar-refractivity contribution is -0.154. The van der Waals surface area contributed by atoms with Gasteiger partial charge in [0.15, 0.2) is 5.58 Å². The van der Waals surface area contributed by atoms with Crippen LogP contribution in [0, 0.1) is 11.8 Å². The third-order valence-corrected chi connectivity index (χ3v) is 8.99. The maximum atomic E-state index is 14.1. The van der Waals surface area contributed by atoms with Crippen LogP contribution in [-0.4, -0.2) is 57.5 Å². The van der Waals surface area contributed by atoms with Crippen LogP contribution in [0.25, 0.3) is 11.0 Å². The van der Waals surface area contributed by atoms with Crippen LogP contribution >= 0.6 is 11.6 Å². The highest BCUT2D eigenvalue weighted by atomic mass is 35.5. The van der Waals surface area contributed by atoms with Crippen LogP contribution in [0.3, 0.4) is 0 Å². The van der Waals surface area contributed by atoms with Gasteiger partial charge in [0, 0.05) is 42.0 Å². The lowest BCUT2D eigenvalue weighted by atomic mass is 9.77. The van der Waals surface area contributed by atoms with Crippen LogP contribution in [0.15, 0.2) is 40.9 Å². The standard InChI is InChI=1S/C30H32ClN3O6/c31-22-11-12-26(39-17-23-21-8-3-4-9-25(21)40-32-23)28-20(22)13-15-34(24(28)16-33-14-5-10-27(33)35)29(36)18-6-1-2-7-19(18)30(37)38/h3-4,8-9,11-12,18-19,24H,1-2,5-7,10,13-17H2,(H,37,38). The molecule has 2 amide bonds. The molecule has 9 nitrogen and oxygen atoms in total. The first-order valence-corrected chi connectivity index (χ1v) is 14.4. The fraction of sp³-hybridized carbons (Fsp3) is 0.467. The van der Waals surface area contributed by atoms with Gasteiger partial charge in [0.2, 0.25) is 11.8 Å². The topological polar surface area (TPSA) is 113 Å². The summed E-state index contributed by atoms with van der Waals surface area (Å²) in [6.45, 7) is 1.48. The second kappa shape index (κ2) is 11.1. The van der Waals surface area contributed by atoms with E-state index in [0.717, 1.165) is 35.8 Å². The number of hydrogen-bond donors (Lipinski definition) is 1. The third-order valence-electron chi connectivity index (χ3n) is 8.64. The number of fused-ring (bicyclic) bond motifs is 2. The average molecular weight is 566 g/mol. The van der Waals surface area contributed by atoms with Gasteiger partial charge >= 0.3 is 5.97 Å². The van der Waals surface area contributed by atoms with Crippen LogP contribution in [0.5, 0.6) is 5.75 Å². The molecule has 6 rings (SSSR count). The van der Waals surface area contributed by atoms with Crippen molar-refractivity contribution in [3.05, 3.63) is 58.2 Å². The molecule has 3 aliphatic rings. The van der Waals surface area contributed by atoms with Crippen molar-refractivity contribution in [2.45, 2.75) is 57.6 Å². The van der Waals surface area contributed by atoms with Gasteiger partial charge in [0.1, 0.15) is 18.1 Å². The van der Waals surface area contributed by atoms with Crippen molar-refractivity contribution in [1.29, 1.82) is 0 Å². The maximum Gasteiger partial charge on any atom is 0.307 e. The Morgan fingerprint density at radius 1 is 1.05 bits per heavy atom. The highest BCUT2D eigenvalue weighted by molar-refractivity contribution is 6.31. The Balaban J connectivity index is 1.36. The zero-order valence-corrected chi connectivity index (χ0v) is 22.9. The Morgan fingerprint density at radius 2 is 1.85 bits per heavy atom. The molecule has 3 unspecified atom stereocenters. The molecule has 1 aromatic heterocycles. The van der Waals surface area contributed by atoms with E-state index >= 15 is 0 Å². The molecule has 10 heteroatoms. The highest BCUT2D eigenvalue weighted by Crippen LogP contribution is 2.43. The Labute approximate surface area is 237 Å². The lowest BCUT2D eigenvalue weighted by Gasteiger charge is -2.43. The minimum atomic E-state index is -0.923. The molecular formula is C30H32ClN3O6. The molecule has 1 saturated heterocycles. The van der Waals surface area contributed by atoms with Gasteiger partial charge in [-0.05, 0) is 55.5 Å². The highest BCUT2D eigenvalue weighted by Gasteiger charge is 2.43. The summed E-state index contributed by atoms with van der Waals surface area (Å²) in [7, 11) is 0. The van der Waals surface area contributed by atoms with Crippen molar-refractivity contribution in [2.75, 3.05) is 19.6 Å². The summed E-state index contributed by atoms with van der Waals surface area (Å²) in [5.41, 5.74) is 2.99. The third kappa shape index (κ3) is 4.91. The Morgan fingerprint density at radius 3 is 2.62 bits per heavy atom. The van der Waals surface area contributed by atoms with Crippen molar-refractivity contribution in [3.63, 3.8) is 0 Å². The molecule has 1 N–H and O–H groups in total. The molecule has 0 spiro atoms. The SMILES string of the molecule is O=C(O)C1CCCCC1C(=O)N1CCc2c(Cl)ccc(OCc3noc4ccccc34)c2C1CN1CCCC1=O. The minimum absolute atomic E-state index is 0.0548. The molecule has 2 fully saturated rings. The van der Waals surface area contributed by atoms with E-state index in [2.05, 4.69) is 5.16 Å². The quantitative estimate of drug-likeness (QED) is 0.429. The molecule has 0 radical (unpaired) electrons. The first-order chi connectivity index (χ1) is 19.4. The van der Waals surface area contributed by atoms with E-state index in [0.29, 0.717) is 67.4 Å². The zero-order chi connectivity index (χ0) is 27.8. The summed E-state index contributed by atoms with van der Waals surface area (Å²) in [6, 6.07) is 10.7. The number of aromatic nitrogens is 1. The molecule has 3 atom stereocenters. The summed E-state index contributed by atoms with van der Waals surface area (Å²) in [5.74, 6) is -1.75. The Bertz CT molecular complexity index is 1450. The number of likely N-dealkylation sites (tertiary alicyclic amines) is 1. The van der Waals surface area contributed by atoms with Crippen molar-refractivity contribution in [2.24, 2.45) is 11.8 Å². The van der Waals surface area contributed by atoms with Crippen LogP contribution in [0.1, 0.15) is 61.4 Å². The number of carbonyl (C=O) groups excluding carboxylic acids is 2. The molecule has 3 aromatic rings. The van der Waals surface area contributed by atoms with Gasteiger partial charge in [0.05, 0.1) is 17.9 Å². The Kier molecular flexibility index (Phi) is 7.40. The van der Waals surface area contributed by atoms with Crippen molar-refractivity contribution >= 4 is 40.4 Å². The number of aliphatic carboxylic acids is 1. The summed E-state index contributed by atoms with van der Waals surface area (Å²) in [5, 5.41) is 15.5. The van der Waals surface area contributed by atoms with Gasteiger partial charge in [-0.15, -0.1) is 0 Å². The second-order valence-corrected chi connectivity index (χ2v) is 11.3. The van der Waals surface area contributed by atoms with Crippen LogP contribution in [-0.2, 0) is 27.4 Å². The maximum absolute atomic E-state index is 14.1. The number of benzene rings is 2. The fourth-order valence-corrected chi connectivity index (χ4v) is 6.85. The number of carboxylic acids is 1. The van der Waals surface area contributed by atoms with Gasteiger partial charge < -0.3 is 24.2 Å². The van der Waals surface area contributed by atoms with Crippen LogP contribution in [0.4, 0.5) is 0 Å². The normalized spacial score (nSPS) is 22.9. The molecule has 2 aromatic carbocycles. The number of nitrogens with zero attached hydrogens (tertiary/aromatic N) is 3. The monoisotopic (exact) mass is 565 g/mol. The van der Waals surface area contributed by atoms with E-state index in [9.17, 15) is 19.5 Å². The van der Waals surface area contributed by atoms with Crippen LogP contribution < -0.4 is 4.74 Å². The summed E-state index contributed by atoms with van der Waals surface area (Å²) in [6.07, 6.45) is 4.44. The molecule has 3 heterocycles. The van der Waals surface area contributed by atoms with Gasteiger partial charge in [-0.3, -0.25) is 14.4 Å². The number of carboxylic acid groups (broad SMARTS) is 1. The number of ether oxygens (including phenoxy) is 1. The Hall–Kier alpha value is -3.59. The molecular weight excluding hydrogens is 534 g/mol. The summed E-state index contributed by atoms with van der Waals surface area (Å²) in [4.78, 5) is 42.5. The van der Waals surface area contributed by atoms with E-state index in [1.165, 1.54) is 0 Å². The van der Waals surface area contributed by atoms with Crippen molar-refractivity contribution in [3.8, 4) is 5.75 Å². The molecule has 40 heavy (non-hydrogen) atoms. The number of rotatable bonds is 7. The summed E-state index contributed by atoms with van der Waals surface area (Å²) >= 11 is 6.70. The molecule has 1 saturated carbocycles. The van der Waals surface area contributed by atoms with Gasteiger partial charge in [-0.1, -0.05) is 41.7 Å². The second-order valence-electron chi connectivity index (χ2n) is 10.9. The first kappa shape index (κ1) is 26.6. The van der Waals surface area contributed by atoms with E-state index in [-0.39, 0.29) is 18.4 Å². The van der Waals surface area contributed by atoms with Crippen LogP contribution in [0.2, 0.25) is 5.02 Å². The number of para-hydroxylation sites is 1. The zero-order valence-electron chi connectivity index (χ0n) is 22.2. The predicted molar refractivity (Wildman–Crippen MR) is 147 cm³/mol. The smallest absolute Gasteiger partial charge is 0.307 e. The number of amides is 2. The molecule has 210 valence electrons. The van der Waals surface area contributed by atoms with E-state index in [4.69, 9.17) is 20.9 Å². The van der Waals surface area contributed by atoms with Crippen molar-refractivity contribution in [1.82, 2.24) is 15.0 Å². The summed E-state index contributed by atoms with van der Waals surface area (Å²) < 4.78 is 11.8. The van der Waals surface area contributed by atoms with Gasteiger partial charge in [0.25, 0.3) is 0 Å². The van der Waals surface area contributed by atoms with E-state index in [1.54, 1.807) is 21.9 Å². The fourth-order valence-electron chi connectivity index (χ4n) is 6.59. The minimum Gasteiger partial charge on any atom is -0.487 e. The van der Waals surface area contributed by atoms with Crippen molar-refractivity contribution < 1.29 is 28.8 Å².